The zero-order valence-electron chi connectivity index (χ0n) is 11.0. The van der Waals surface area contributed by atoms with Gasteiger partial charge in [0.1, 0.15) is 5.01 Å². The van der Waals surface area contributed by atoms with Crippen LogP contribution < -0.4 is 4.72 Å². The molecule has 0 aliphatic heterocycles. The number of hydrogen-bond acceptors (Lipinski definition) is 5. The smallest absolute Gasteiger partial charge is 0.234 e. The van der Waals surface area contributed by atoms with Gasteiger partial charge in [-0.15, -0.1) is 10.2 Å². The van der Waals surface area contributed by atoms with Crippen LogP contribution >= 0.6 is 11.3 Å². The van der Waals surface area contributed by atoms with E-state index in [1.165, 1.54) is 16.9 Å². The maximum absolute atomic E-state index is 11.5. The van der Waals surface area contributed by atoms with Gasteiger partial charge in [0.2, 0.25) is 15.2 Å². The molecular weight excluding hydrogens is 282 g/mol. The summed E-state index contributed by atoms with van der Waals surface area (Å²) < 4.78 is 25.3. The van der Waals surface area contributed by atoms with Crippen molar-refractivity contribution in [3.8, 4) is 10.6 Å². The number of benzene rings is 1. The Morgan fingerprint density at radius 3 is 2.63 bits per heavy atom. The molecule has 0 radical (unpaired) electrons. The van der Waals surface area contributed by atoms with E-state index in [0.29, 0.717) is 10.1 Å². The lowest BCUT2D eigenvalue weighted by Gasteiger charge is -2.02. The molecule has 2 rings (SSSR count). The molecular formula is C12H15N3O2S2. The second-order valence-electron chi connectivity index (χ2n) is 4.24. The van der Waals surface area contributed by atoms with Gasteiger partial charge in [-0.3, -0.25) is 4.72 Å². The topological polar surface area (TPSA) is 72.0 Å². The van der Waals surface area contributed by atoms with Crippen molar-refractivity contribution in [1.82, 2.24) is 10.2 Å². The van der Waals surface area contributed by atoms with Crippen molar-refractivity contribution in [1.29, 1.82) is 0 Å². The van der Waals surface area contributed by atoms with Gasteiger partial charge < -0.3 is 0 Å². The second-order valence-corrected chi connectivity index (χ2v) is 7.22. The minimum absolute atomic E-state index is 0.0193. The largest absolute Gasteiger partial charge is 0.257 e. The summed E-state index contributed by atoms with van der Waals surface area (Å²) in [6.45, 7) is 5.60. The number of sulfonamides is 1. The normalized spacial score (nSPS) is 11.5. The fourth-order valence-electron chi connectivity index (χ4n) is 1.63. The summed E-state index contributed by atoms with van der Waals surface area (Å²) >= 11 is 1.24. The van der Waals surface area contributed by atoms with Crippen LogP contribution in [0.1, 0.15) is 18.1 Å². The molecule has 1 aromatic heterocycles. The Labute approximate surface area is 116 Å². The number of nitrogens with one attached hydrogen (secondary N) is 1. The van der Waals surface area contributed by atoms with Gasteiger partial charge in [-0.25, -0.2) is 8.42 Å². The van der Waals surface area contributed by atoms with Crippen molar-refractivity contribution in [2.75, 3.05) is 10.5 Å². The molecule has 0 spiro atoms. The van der Waals surface area contributed by atoms with E-state index in [2.05, 4.69) is 21.0 Å². The molecule has 0 saturated carbocycles. The molecule has 5 nitrogen and oxygen atoms in total. The summed E-state index contributed by atoms with van der Waals surface area (Å²) in [5.41, 5.74) is 3.25. The number of aryl methyl sites for hydroxylation is 2. The molecule has 0 amide bonds. The predicted molar refractivity (Wildman–Crippen MR) is 77.9 cm³/mol. The van der Waals surface area contributed by atoms with E-state index in [-0.39, 0.29) is 5.75 Å². The predicted octanol–water partition coefficient (Wildman–Crippen LogP) is 2.58. The summed E-state index contributed by atoms with van der Waals surface area (Å²) in [6.07, 6.45) is 0. The van der Waals surface area contributed by atoms with Crippen LogP contribution in [0.4, 0.5) is 5.13 Å². The van der Waals surface area contributed by atoms with Crippen molar-refractivity contribution in [2.45, 2.75) is 20.8 Å². The highest BCUT2D eigenvalue weighted by Crippen LogP contribution is 2.29. The van der Waals surface area contributed by atoms with Gasteiger partial charge in [0.25, 0.3) is 0 Å². The molecule has 102 valence electrons. The van der Waals surface area contributed by atoms with E-state index in [1.807, 2.05) is 26.0 Å². The zero-order chi connectivity index (χ0) is 14.0. The van der Waals surface area contributed by atoms with E-state index in [1.54, 1.807) is 6.92 Å². The van der Waals surface area contributed by atoms with Crippen LogP contribution in [0, 0.1) is 13.8 Å². The fraction of sp³-hybridized carbons (Fsp3) is 0.333. The van der Waals surface area contributed by atoms with E-state index >= 15 is 0 Å². The third-order valence-corrected chi connectivity index (χ3v) is 4.93. The molecule has 1 aromatic carbocycles. The summed E-state index contributed by atoms with van der Waals surface area (Å²) in [7, 11) is -3.30. The highest BCUT2D eigenvalue weighted by Gasteiger charge is 2.13. The standard InChI is InChI=1S/C12H15N3O2S2/c1-4-19(16,17)15-12-14-13-11(18-12)10-6-5-8(2)7-9(10)3/h5-7H,4H2,1-3H3,(H,14,15). The van der Waals surface area contributed by atoms with Gasteiger partial charge in [-0.1, -0.05) is 35.1 Å². The van der Waals surface area contributed by atoms with Crippen LogP contribution in [-0.4, -0.2) is 24.4 Å². The average molecular weight is 297 g/mol. The van der Waals surface area contributed by atoms with E-state index in [4.69, 9.17) is 0 Å². The molecule has 0 atom stereocenters. The SMILES string of the molecule is CCS(=O)(=O)Nc1nnc(-c2ccc(C)cc2C)s1. The average Bonchev–Trinajstić information content (AvgIpc) is 2.76. The minimum Gasteiger partial charge on any atom is -0.257 e. The number of nitrogens with zero attached hydrogens (tertiary/aromatic N) is 2. The van der Waals surface area contributed by atoms with Crippen molar-refractivity contribution in [3.63, 3.8) is 0 Å². The van der Waals surface area contributed by atoms with Gasteiger partial charge in [-0.2, -0.15) is 0 Å². The zero-order valence-corrected chi connectivity index (χ0v) is 12.6. The first-order valence-corrected chi connectivity index (χ1v) is 8.30. The summed E-state index contributed by atoms with van der Waals surface area (Å²) in [6, 6.07) is 6.04. The molecule has 1 N–H and O–H groups in total. The van der Waals surface area contributed by atoms with Crippen molar-refractivity contribution in [3.05, 3.63) is 29.3 Å². The monoisotopic (exact) mass is 297 g/mol. The van der Waals surface area contributed by atoms with Crippen molar-refractivity contribution < 1.29 is 8.42 Å². The highest BCUT2D eigenvalue weighted by molar-refractivity contribution is 7.92. The first-order chi connectivity index (χ1) is 8.91. The second kappa shape index (κ2) is 5.26. The Hall–Kier alpha value is -1.47. The summed E-state index contributed by atoms with van der Waals surface area (Å²) in [5, 5.41) is 8.92. The summed E-state index contributed by atoms with van der Waals surface area (Å²) in [4.78, 5) is 0. The van der Waals surface area contributed by atoms with Gasteiger partial charge in [0, 0.05) is 5.56 Å². The van der Waals surface area contributed by atoms with E-state index in [0.717, 1.165) is 11.1 Å². The highest BCUT2D eigenvalue weighted by atomic mass is 32.2. The first kappa shape index (κ1) is 14.0. The fourth-order valence-corrected chi connectivity index (χ4v) is 3.32. The summed E-state index contributed by atoms with van der Waals surface area (Å²) in [5.74, 6) is 0.0193. The molecule has 0 unspecified atom stereocenters. The molecule has 7 heteroatoms. The molecule has 0 fully saturated rings. The Kier molecular flexibility index (Phi) is 3.86. The van der Waals surface area contributed by atoms with E-state index in [9.17, 15) is 8.42 Å². The van der Waals surface area contributed by atoms with Crippen LogP contribution in [0.15, 0.2) is 18.2 Å². The molecule has 2 aromatic rings. The Bertz CT molecular complexity index is 693. The number of anilines is 1. The molecule has 0 aliphatic rings. The van der Waals surface area contributed by atoms with Crippen LogP contribution in [0.5, 0.6) is 0 Å². The Balaban J connectivity index is 2.31. The van der Waals surface area contributed by atoms with E-state index < -0.39 is 10.0 Å². The maximum atomic E-state index is 11.5. The van der Waals surface area contributed by atoms with Gasteiger partial charge >= 0.3 is 0 Å². The molecule has 0 bridgehead atoms. The molecule has 19 heavy (non-hydrogen) atoms. The Morgan fingerprint density at radius 1 is 1.26 bits per heavy atom. The Morgan fingerprint density at radius 2 is 2.00 bits per heavy atom. The van der Waals surface area contributed by atoms with Crippen LogP contribution in [0.2, 0.25) is 0 Å². The first-order valence-electron chi connectivity index (χ1n) is 5.83. The van der Waals surface area contributed by atoms with Crippen molar-refractivity contribution >= 4 is 26.5 Å². The minimum atomic E-state index is -3.30. The van der Waals surface area contributed by atoms with Crippen molar-refractivity contribution in [2.24, 2.45) is 0 Å². The quantitative estimate of drug-likeness (QED) is 0.941. The third kappa shape index (κ3) is 3.30. The lowest BCUT2D eigenvalue weighted by Crippen LogP contribution is -2.14. The maximum Gasteiger partial charge on any atom is 0.234 e. The van der Waals surface area contributed by atoms with Crippen LogP contribution in [0.3, 0.4) is 0 Å². The van der Waals surface area contributed by atoms with Gasteiger partial charge in [-0.05, 0) is 26.3 Å². The molecule has 0 saturated heterocycles. The lowest BCUT2D eigenvalue weighted by molar-refractivity contribution is 0.602. The number of rotatable bonds is 4. The van der Waals surface area contributed by atoms with Gasteiger partial charge in [0.05, 0.1) is 5.75 Å². The van der Waals surface area contributed by atoms with Crippen LogP contribution in [0.25, 0.3) is 10.6 Å². The number of aromatic nitrogens is 2. The van der Waals surface area contributed by atoms with Crippen LogP contribution in [-0.2, 0) is 10.0 Å². The molecule has 1 heterocycles. The van der Waals surface area contributed by atoms with Gasteiger partial charge in [0.15, 0.2) is 0 Å². The molecule has 0 aliphatic carbocycles. The third-order valence-electron chi connectivity index (χ3n) is 2.66. The lowest BCUT2D eigenvalue weighted by atomic mass is 10.1. The number of hydrogen-bond donors (Lipinski definition) is 1.